The van der Waals surface area contributed by atoms with Crippen LogP contribution in [0.5, 0.6) is 0 Å². The first-order valence-electron chi connectivity index (χ1n) is 8.42. The highest BCUT2D eigenvalue weighted by Gasteiger charge is 2.18. The van der Waals surface area contributed by atoms with E-state index in [1.807, 2.05) is 25.1 Å². The van der Waals surface area contributed by atoms with Crippen molar-refractivity contribution in [2.24, 2.45) is 0 Å². The van der Waals surface area contributed by atoms with Crippen LogP contribution in [0.2, 0.25) is 0 Å². The fourth-order valence-electron chi connectivity index (χ4n) is 2.49. The zero-order chi connectivity index (χ0) is 20.3. The van der Waals surface area contributed by atoms with Crippen LogP contribution in [0.25, 0.3) is 0 Å². The molecule has 146 valence electrons. The molecule has 0 fully saturated rings. The van der Waals surface area contributed by atoms with E-state index in [-0.39, 0.29) is 0 Å². The average molecular weight is 401 g/mol. The van der Waals surface area contributed by atoms with Crippen LogP contribution in [-0.4, -0.2) is 32.5 Å². The van der Waals surface area contributed by atoms with Crippen molar-refractivity contribution in [3.05, 3.63) is 66.2 Å². The van der Waals surface area contributed by atoms with Gasteiger partial charge >= 0.3 is 0 Å². The van der Waals surface area contributed by atoms with Crippen molar-refractivity contribution < 1.29 is 12.8 Å². The fourth-order valence-corrected chi connectivity index (χ4v) is 3.63. The monoisotopic (exact) mass is 401 g/mol. The minimum atomic E-state index is -4.01. The number of benzene rings is 2. The Bertz CT molecular complexity index is 1090. The molecule has 0 aliphatic heterocycles. The smallest absolute Gasteiger partial charge is 0.264 e. The lowest BCUT2D eigenvalue weighted by molar-refractivity contribution is 0.570. The molecule has 0 amide bonds. The first kappa shape index (κ1) is 19.6. The summed E-state index contributed by atoms with van der Waals surface area (Å²) in [4.78, 5) is 10.2. The average Bonchev–Trinajstić information content (AvgIpc) is 2.63. The lowest BCUT2D eigenvalue weighted by Gasteiger charge is -2.14. The summed E-state index contributed by atoms with van der Waals surface area (Å²) in [5.74, 6) is 1.22. The Morgan fingerprint density at radius 3 is 2.25 bits per heavy atom. The predicted molar refractivity (Wildman–Crippen MR) is 108 cm³/mol. The number of sulfonamides is 1. The Morgan fingerprint density at radius 2 is 1.61 bits per heavy atom. The van der Waals surface area contributed by atoms with Crippen molar-refractivity contribution in [3.8, 4) is 0 Å². The summed E-state index contributed by atoms with van der Waals surface area (Å²) >= 11 is 0. The third kappa shape index (κ3) is 4.55. The molecule has 2 N–H and O–H groups in total. The van der Waals surface area contributed by atoms with Gasteiger partial charge in [-0.05, 0) is 43.3 Å². The van der Waals surface area contributed by atoms with Crippen molar-refractivity contribution >= 4 is 33.0 Å². The largest absolute Gasteiger partial charge is 0.363 e. The van der Waals surface area contributed by atoms with Crippen LogP contribution in [0.1, 0.15) is 5.82 Å². The summed E-state index contributed by atoms with van der Waals surface area (Å²) in [5, 5.41) is 3.16. The van der Waals surface area contributed by atoms with E-state index < -0.39 is 20.7 Å². The standard InChI is InChI=1S/C19H20FN5O2S/c1-13-21-18(12-19(22-13)25(2)3)23-14-8-10-15(11-9-14)24-28(26,27)17-7-5-4-6-16(17)20/h4-12,24H,1-3H3,(H,21,22,23). The number of rotatable bonds is 6. The number of nitrogens with zero attached hydrogens (tertiary/aromatic N) is 3. The fraction of sp³-hybridized carbons (Fsp3) is 0.158. The summed E-state index contributed by atoms with van der Waals surface area (Å²) in [6.07, 6.45) is 0. The van der Waals surface area contributed by atoms with E-state index in [2.05, 4.69) is 20.0 Å². The molecule has 0 spiro atoms. The number of aromatic nitrogens is 2. The number of aryl methyl sites for hydroxylation is 1. The van der Waals surface area contributed by atoms with Crippen molar-refractivity contribution in [1.82, 2.24) is 9.97 Å². The lowest BCUT2D eigenvalue weighted by Crippen LogP contribution is -2.14. The number of halogens is 1. The van der Waals surface area contributed by atoms with Gasteiger partial charge in [-0.2, -0.15) is 0 Å². The molecular weight excluding hydrogens is 381 g/mol. The van der Waals surface area contributed by atoms with Gasteiger partial charge in [-0.1, -0.05) is 12.1 Å². The zero-order valence-electron chi connectivity index (χ0n) is 15.6. The highest BCUT2D eigenvalue weighted by molar-refractivity contribution is 7.92. The van der Waals surface area contributed by atoms with Crippen molar-refractivity contribution in [2.75, 3.05) is 29.0 Å². The summed E-state index contributed by atoms with van der Waals surface area (Å²) in [7, 11) is -0.226. The third-order valence-electron chi connectivity index (χ3n) is 3.82. The minimum absolute atomic E-state index is 0.321. The van der Waals surface area contributed by atoms with Gasteiger partial charge in [0.2, 0.25) is 0 Å². The molecule has 9 heteroatoms. The number of nitrogens with one attached hydrogen (secondary N) is 2. The van der Waals surface area contributed by atoms with Crippen LogP contribution in [0.3, 0.4) is 0 Å². The van der Waals surface area contributed by atoms with Crippen molar-refractivity contribution in [2.45, 2.75) is 11.8 Å². The van der Waals surface area contributed by atoms with Gasteiger partial charge in [0.05, 0.1) is 0 Å². The minimum Gasteiger partial charge on any atom is -0.363 e. The third-order valence-corrected chi connectivity index (χ3v) is 5.23. The van der Waals surface area contributed by atoms with Gasteiger partial charge in [0.25, 0.3) is 10.0 Å². The molecule has 0 aliphatic carbocycles. The molecule has 1 heterocycles. The molecule has 0 aliphatic rings. The highest BCUT2D eigenvalue weighted by atomic mass is 32.2. The first-order valence-corrected chi connectivity index (χ1v) is 9.90. The van der Waals surface area contributed by atoms with Gasteiger partial charge in [0, 0.05) is 31.5 Å². The van der Waals surface area contributed by atoms with Gasteiger partial charge in [0.15, 0.2) is 0 Å². The summed E-state index contributed by atoms with van der Waals surface area (Å²) in [5.41, 5.74) is 1.04. The van der Waals surface area contributed by atoms with E-state index in [9.17, 15) is 12.8 Å². The van der Waals surface area contributed by atoms with E-state index in [0.717, 1.165) is 17.6 Å². The van der Waals surface area contributed by atoms with Gasteiger partial charge in [0.1, 0.15) is 28.2 Å². The second-order valence-corrected chi connectivity index (χ2v) is 7.94. The van der Waals surface area contributed by atoms with E-state index in [1.165, 1.54) is 18.2 Å². The van der Waals surface area contributed by atoms with Gasteiger partial charge < -0.3 is 10.2 Å². The molecular formula is C19H20FN5O2S. The summed E-state index contributed by atoms with van der Waals surface area (Å²) in [6.45, 7) is 1.80. The molecule has 0 saturated heterocycles. The Kier molecular flexibility index (Phi) is 5.46. The Morgan fingerprint density at radius 1 is 0.964 bits per heavy atom. The molecule has 0 radical (unpaired) electrons. The van der Waals surface area contributed by atoms with E-state index in [1.54, 1.807) is 31.2 Å². The molecule has 0 saturated carbocycles. The molecule has 3 rings (SSSR count). The maximum atomic E-state index is 13.8. The molecule has 2 aromatic carbocycles. The molecule has 7 nitrogen and oxygen atoms in total. The second-order valence-electron chi connectivity index (χ2n) is 6.29. The first-order chi connectivity index (χ1) is 13.2. The molecule has 0 unspecified atom stereocenters. The number of hydrogen-bond acceptors (Lipinski definition) is 6. The molecule has 3 aromatic rings. The predicted octanol–water partition coefficient (Wildman–Crippen LogP) is 3.53. The molecule has 28 heavy (non-hydrogen) atoms. The van der Waals surface area contributed by atoms with E-state index >= 15 is 0 Å². The van der Waals surface area contributed by atoms with Gasteiger partial charge in [-0.3, -0.25) is 4.72 Å². The molecule has 1 aromatic heterocycles. The van der Waals surface area contributed by atoms with Gasteiger partial charge in [-0.15, -0.1) is 0 Å². The van der Waals surface area contributed by atoms with Gasteiger partial charge in [-0.25, -0.2) is 22.8 Å². The molecule has 0 atom stereocenters. The number of anilines is 4. The summed E-state index contributed by atoms with van der Waals surface area (Å²) < 4.78 is 40.8. The summed E-state index contributed by atoms with van der Waals surface area (Å²) in [6, 6.07) is 13.6. The van der Waals surface area contributed by atoms with E-state index in [0.29, 0.717) is 17.3 Å². The normalized spacial score (nSPS) is 11.1. The maximum absolute atomic E-state index is 13.8. The van der Waals surface area contributed by atoms with Crippen LogP contribution in [0, 0.1) is 12.7 Å². The van der Waals surface area contributed by atoms with Crippen LogP contribution in [0.4, 0.5) is 27.4 Å². The van der Waals surface area contributed by atoms with Crippen LogP contribution < -0.4 is 14.9 Å². The highest BCUT2D eigenvalue weighted by Crippen LogP contribution is 2.23. The Hall–Kier alpha value is -3.20. The van der Waals surface area contributed by atoms with Crippen molar-refractivity contribution in [3.63, 3.8) is 0 Å². The van der Waals surface area contributed by atoms with Crippen LogP contribution >= 0.6 is 0 Å². The maximum Gasteiger partial charge on any atom is 0.264 e. The Labute approximate surface area is 163 Å². The zero-order valence-corrected chi connectivity index (χ0v) is 16.5. The topological polar surface area (TPSA) is 87.2 Å². The van der Waals surface area contributed by atoms with Crippen LogP contribution in [-0.2, 0) is 10.0 Å². The van der Waals surface area contributed by atoms with Crippen LogP contribution in [0.15, 0.2) is 59.5 Å². The lowest BCUT2D eigenvalue weighted by atomic mass is 10.3. The van der Waals surface area contributed by atoms with E-state index in [4.69, 9.17) is 0 Å². The molecule has 0 bridgehead atoms. The second kappa shape index (κ2) is 7.81. The quantitative estimate of drug-likeness (QED) is 0.657. The Balaban J connectivity index is 1.76. The number of hydrogen-bond donors (Lipinski definition) is 2. The van der Waals surface area contributed by atoms with Crippen molar-refractivity contribution in [1.29, 1.82) is 0 Å². The SMILES string of the molecule is Cc1nc(Nc2ccc(NS(=O)(=O)c3ccccc3F)cc2)cc(N(C)C)n1.